The summed E-state index contributed by atoms with van der Waals surface area (Å²) in [7, 11) is -3.73. The number of carbonyl (C=O) groups excluding carboxylic acids is 1. The SMILES string of the molecule is O=C1SCC[C@@H]1NS(=O)(=O)c1ccc2c(c1)OCCO2. The Bertz CT molecular complexity index is 643. The summed E-state index contributed by atoms with van der Waals surface area (Å²) in [5.41, 5.74) is 0. The first kappa shape index (κ1) is 13.7. The van der Waals surface area contributed by atoms with Crippen LogP contribution in [0.2, 0.25) is 0 Å². The van der Waals surface area contributed by atoms with Gasteiger partial charge in [0.25, 0.3) is 0 Å². The first-order valence-corrected chi connectivity index (χ1v) is 8.62. The lowest BCUT2D eigenvalue weighted by molar-refractivity contribution is -0.111. The normalized spacial score (nSPS) is 22.0. The maximum Gasteiger partial charge on any atom is 0.241 e. The molecule has 1 atom stereocenters. The van der Waals surface area contributed by atoms with Gasteiger partial charge < -0.3 is 9.47 Å². The van der Waals surface area contributed by atoms with Crippen LogP contribution in [0.4, 0.5) is 0 Å². The third kappa shape index (κ3) is 2.63. The molecule has 2 aliphatic heterocycles. The van der Waals surface area contributed by atoms with Crippen LogP contribution in [0.5, 0.6) is 11.5 Å². The molecule has 1 aromatic carbocycles. The summed E-state index contributed by atoms with van der Waals surface area (Å²) >= 11 is 1.15. The van der Waals surface area contributed by atoms with E-state index in [0.29, 0.717) is 36.9 Å². The summed E-state index contributed by atoms with van der Waals surface area (Å²) in [6.45, 7) is 0.840. The molecule has 0 bridgehead atoms. The smallest absolute Gasteiger partial charge is 0.241 e. The number of hydrogen-bond acceptors (Lipinski definition) is 6. The predicted molar refractivity (Wildman–Crippen MR) is 73.6 cm³/mol. The number of fused-ring (bicyclic) bond motifs is 1. The lowest BCUT2D eigenvalue weighted by Gasteiger charge is -2.19. The third-order valence-electron chi connectivity index (χ3n) is 3.06. The minimum atomic E-state index is -3.73. The van der Waals surface area contributed by atoms with Gasteiger partial charge in [0.15, 0.2) is 11.5 Å². The Hall–Kier alpha value is -1.25. The van der Waals surface area contributed by atoms with Crippen molar-refractivity contribution in [3.8, 4) is 11.5 Å². The number of nitrogens with one attached hydrogen (secondary N) is 1. The second-order valence-corrected chi connectivity index (χ2v) is 7.25. The minimum Gasteiger partial charge on any atom is -0.486 e. The maximum atomic E-state index is 12.3. The molecule has 0 unspecified atom stereocenters. The van der Waals surface area contributed by atoms with Crippen molar-refractivity contribution in [1.82, 2.24) is 4.72 Å². The van der Waals surface area contributed by atoms with E-state index in [1.165, 1.54) is 12.1 Å². The zero-order chi connectivity index (χ0) is 14.2. The van der Waals surface area contributed by atoms with Gasteiger partial charge in [-0.25, -0.2) is 8.42 Å². The van der Waals surface area contributed by atoms with E-state index in [2.05, 4.69) is 4.72 Å². The molecule has 0 amide bonds. The fraction of sp³-hybridized carbons (Fsp3) is 0.417. The van der Waals surface area contributed by atoms with Crippen LogP contribution in [0.1, 0.15) is 6.42 Å². The summed E-state index contributed by atoms with van der Waals surface area (Å²) in [6, 6.07) is 3.79. The Morgan fingerprint density at radius 2 is 1.95 bits per heavy atom. The zero-order valence-electron chi connectivity index (χ0n) is 10.5. The van der Waals surface area contributed by atoms with Gasteiger partial charge in [-0.2, -0.15) is 4.72 Å². The van der Waals surface area contributed by atoms with Gasteiger partial charge in [0, 0.05) is 11.8 Å². The lowest BCUT2D eigenvalue weighted by atomic mass is 10.3. The van der Waals surface area contributed by atoms with E-state index in [1.807, 2.05) is 0 Å². The van der Waals surface area contributed by atoms with Crippen LogP contribution >= 0.6 is 11.8 Å². The van der Waals surface area contributed by atoms with Crippen LogP contribution in [-0.4, -0.2) is 38.5 Å². The van der Waals surface area contributed by atoms with Gasteiger partial charge in [-0.05, 0) is 18.6 Å². The number of ether oxygens (including phenoxy) is 2. The Balaban J connectivity index is 1.85. The van der Waals surface area contributed by atoms with Crippen molar-refractivity contribution in [2.45, 2.75) is 17.4 Å². The highest BCUT2D eigenvalue weighted by Gasteiger charge is 2.30. The van der Waals surface area contributed by atoms with Crippen LogP contribution in [0, 0.1) is 0 Å². The first-order valence-electron chi connectivity index (χ1n) is 6.15. The molecule has 1 fully saturated rings. The van der Waals surface area contributed by atoms with E-state index in [0.717, 1.165) is 11.8 Å². The Labute approximate surface area is 120 Å². The van der Waals surface area contributed by atoms with Gasteiger partial charge in [-0.15, -0.1) is 0 Å². The Kier molecular flexibility index (Phi) is 3.61. The summed E-state index contributed by atoms with van der Waals surface area (Å²) in [5.74, 6) is 1.58. The van der Waals surface area contributed by atoms with Gasteiger partial charge in [-0.3, -0.25) is 4.79 Å². The number of rotatable bonds is 3. The Morgan fingerprint density at radius 1 is 1.20 bits per heavy atom. The van der Waals surface area contributed by atoms with Crippen molar-refractivity contribution in [3.63, 3.8) is 0 Å². The zero-order valence-corrected chi connectivity index (χ0v) is 12.1. The quantitative estimate of drug-likeness (QED) is 0.887. The van der Waals surface area contributed by atoms with Crippen molar-refractivity contribution in [2.24, 2.45) is 0 Å². The highest BCUT2D eigenvalue weighted by molar-refractivity contribution is 8.14. The van der Waals surface area contributed by atoms with E-state index in [1.54, 1.807) is 6.07 Å². The Morgan fingerprint density at radius 3 is 2.65 bits per heavy atom. The molecular weight excluding hydrogens is 302 g/mol. The van der Waals surface area contributed by atoms with Crippen LogP contribution < -0.4 is 14.2 Å². The van der Waals surface area contributed by atoms with Crippen LogP contribution in [0.25, 0.3) is 0 Å². The fourth-order valence-corrected chi connectivity index (χ4v) is 4.30. The third-order valence-corrected chi connectivity index (χ3v) is 5.53. The molecule has 0 spiro atoms. The second-order valence-electron chi connectivity index (χ2n) is 4.44. The fourth-order valence-electron chi connectivity index (χ4n) is 2.05. The highest BCUT2D eigenvalue weighted by Crippen LogP contribution is 2.32. The monoisotopic (exact) mass is 315 g/mol. The molecule has 8 heteroatoms. The molecule has 20 heavy (non-hydrogen) atoms. The highest BCUT2D eigenvalue weighted by atomic mass is 32.2. The molecule has 0 aliphatic carbocycles. The topological polar surface area (TPSA) is 81.7 Å². The molecule has 0 saturated carbocycles. The molecule has 1 saturated heterocycles. The second kappa shape index (κ2) is 5.27. The predicted octanol–water partition coefficient (Wildman–Crippen LogP) is 0.768. The van der Waals surface area contributed by atoms with Crippen molar-refractivity contribution in [1.29, 1.82) is 0 Å². The van der Waals surface area contributed by atoms with Crippen molar-refractivity contribution in [2.75, 3.05) is 19.0 Å². The largest absolute Gasteiger partial charge is 0.486 e. The average Bonchev–Trinajstić information content (AvgIpc) is 2.83. The number of thioether (sulfide) groups is 1. The van der Waals surface area contributed by atoms with E-state index < -0.39 is 16.1 Å². The number of sulfonamides is 1. The number of carbonyl (C=O) groups is 1. The van der Waals surface area contributed by atoms with E-state index >= 15 is 0 Å². The first-order chi connectivity index (χ1) is 9.56. The average molecular weight is 315 g/mol. The molecule has 0 radical (unpaired) electrons. The summed E-state index contributed by atoms with van der Waals surface area (Å²) in [4.78, 5) is 11.6. The van der Waals surface area contributed by atoms with Gasteiger partial charge in [-0.1, -0.05) is 11.8 Å². The number of hydrogen-bond donors (Lipinski definition) is 1. The molecule has 1 N–H and O–H groups in total. The van der Waals surface area contributed by atoms with Gasteiger partial charge >= 0.3 is 0 Å². The minimum absolute atomic E-state index is 0.0754. The molecule has 2 heterocycles. The van der Waals surface area contributed by atoms with Crippen molar-refractivity contribution >= 4 is 26.9 Å². The standard InChI is InChI=1S/C12H13NO5S2/c14-12-9(3-6-19-12)13-20(15,16)8-1-2-10-11(7-8)18-5-4-17-10/h1-2,7,9,13H,3-6H2/t9-/m0/s1. The number of benzene rings is 1. The van der Waals surface area contributed by atoms with E-state index in [-0.39, 0.29) is 10.0 Å². The molecule has 3 rings (SSSR count). The summed E-state index contributed by atoms with van der Waals surface area (Å²) in [5, 5.41) is -0.133. The molecule has 6 nitrogen and oxygen atoms in total. The summed E-state index contributed by atoms with van der Waals surface area (Å²) in [6.07, 6.45) is 0.521. The van der Waals surface area contributed by atoms with Crippen molar-refractivity contribution in [3.05, 3.63) is 18.2 Å². The van der Waals surface area contributed by atoms with Gasteiger partial charge in [0.1, 0.15) is 13.2 Å². The lowest BCUT2D eigenvalue weighted by Crippen LogP contribution is -2.37. The van der Waals surface area contributed by atoms with Crippen molar-refractivity contribution < 1.29 is 22.7 Å². The molecule has 108 valence electrons. The van der Waals surface area contributed by atoms with Crippen LogP contribution in [0.15, 0.2) is 23.1 Å². The molecule has 2 aliphatic rings. The van der Waals surface area contributed by atoms with E-state index in [9.17, 15) is 13.2 Å². The van der Waals surface area contributed by atoms with Gasteiger partial charge in [0.2, 0.25) is 15.1 Å². The van der Waals surface area contributed by atoms with Crippen LogP contribution in [-0.2, 0) is 14.8 Å². The van der Waals surface area contributed by atoms with Gasteiger partial charge in [0.05, 0.1) is 10.9 Å². The molecular formula is C12H13NO5S2. The maximum absolute atomic E-state index is 12.3. The van der Waals surface area contributed by atoms with E-state index in [4.69, 9.17) is 9.47 Å². The molecule has 1 aromatic rings. The van der Waals surface area contributed by atoms with Crippen LogP contribution in [0.3, 0.4) is 0 Å². The molecule has 0 aromatic heterocycles. The summed E-state index contributed by atoms with van der Waals surface area (Å²) < 4.78 is 37.6.